The molecule has 0 fully saturated rings. The largest absolute Gasteiger partial charge is 0.495 e. The van der Waals surface area contributed by atoms with Gasteiger partial charge in [-0.2, -0.15) is 0 Å². The molecule has 2 aromatic rings. The molecule has 27 heavy (non-hydrogen) atoms. The lowest BCUT2D eigenvalue weighted by molar-refractivity contribution is 0.102. The lowest BCUT2D eigenvalue weighted by Crippen LogP contribution is -2.16. The number of ether oxygens (including phenoxy) is 1. The van der Waals surface area contributed by atoms with Crippen LogP contribution in [0.2, 0.25) is 5.02 Å². The molecule has 1 aliphatic rings. The van der Waals surface area contributed by atoms with Gasteiger partial charge in [-0.05, 0) is 56.4 Å². The number of nitrogens with one attached hydrogen (secondary N) is 2. The predicted molar refractivity (Wildman–Crippen MR) is 108 cm³/mol. The fraction of sp³-hybridized carbons (Fsp3) is 0.350. The van der Waals surface area contributed by atoms with Crippen molar-refractivity contribution in [3.8, 4) is 5.75 Å². The first-order valence-electron chi connectivity index (χ1n) is 9.05. The van der Waals surface area contributed by atoms with Crippen LogP contribution < -0.4 is 15.4 Å². The molecule has 0 saturated heterocycles. The molecule has 0 aliphatic heterocycles. The number of aromatic nitrogens is 2. The summed E-state index contributed by atoms with van der Waals surface area (Å²) in [5, 5.41) is 6.40. The molecule has 3 rings (SSSR count). The number of hydrogen-bond acceptors (Lipinski definition) is 5. The second kappa shape index (κ2) is 9.37. The minimum Gasteiger partial charge on any atom is -0.495 e. The van der Waals surface area contributed by atoms with Crippen molar-refractivity contribution in [2.45, 2.75) is 32.1 Å². The molecular weight excluding hydrogens is 364 g/mol. The van der Waals surface area contributed by atoms with Gasteiger partial charge < -0.3 is 15.4 Å². The monoisotopic (exact) mass is 386 g/mol. The summed E-state index contributed by atoms with van der Waals surface area (Å²) in [6, 6.07) is 6.64. The fourth-order valence-electron chi connectivity index (χ4n) is 2.98. The highest BCUT2D eigenvalue weighted by atomic mass is 35.5. The summed E-state index contributed by atoms with van der Waals surface area (Å²) in [6.45, 7) is 0.755. The van der Waals surface area contributed by atoms with Crippen molar-refractivity contribution in [3.63, 3.8) is 0 Å². The summed E-state index contributed by atoms with van der Waals surface area (Å²) < 4.78 is 5.11. The Morgan fingerprint density at radius 1 is 1.30 bits per heavy atom. The van der Waals surface area contributed by atoms with E-state index in [-0.39, 0.29) is 11.6 Å². The molecule has 2 N–H and O–H groups in total. The van der Waals surface area contributed by atoms with E-state index in [4.69, 9.17) is 16.3 Å². The molecule has 1 aromatic carbocycles. The SMILES string of the molecule is COc1ccc(NC(=O)c2ccnc(NCCC3=CCCCC3)n2)cc1Cl. The van der Waals surface area contributed by atoms with Crippen molar-refractivity contribution < 1.29 is 9.53 Å². The Kier molecular flexibility index (Phi) is 6.65. The second-order valence-corrected chi connectivity index (χ2v) is 6.76. The van der Waals surface area contributed by atoms with Gasteiger partial charge in [0.2, 0.25) is 5.95 Å². The Labute approximate surface area is 164 Å². The van der Waals surface area contributed by atoms with Gasteiger partial charge >= 0.3 is 0 Å². The standard InChI is InChI=1S/C20H23ClN4O2/c1-27-18-8-7-15(13-16(18)21)24-19(26)17-10-12-23-20(25-17)22-11-9-14-5-3-2-4-6-14/h5,7-8,10,12-13H,2-4,6,9,11H2,1H3,(H,24,26)(H,22,23,25). The number of methoxy groups -OCH3 is 1. The van der Waals surface area contributed by atoms with Gasteiger partial charge in [0.1, 0.15) is 11.4 Å². The molecule has 7 heteroatoms. The summed E-state index contributed by atoms with van der Waals surface area (Å²) in [7, 11) is 1.54. The van der Waals surface area contributed by atoms with Gasteiger partial charge in [-0.15, -0.1) is 0 Å². The van der Waals surface area contributed by atoms with Crippen LogP contribution in [0, 0.1) is 0 Å². The van der Waals surface area contributed by atoms with Crippen molar-refractivity contribution in [3.05, 3.63) is 52.8 Å². The summed E-state index contributed by atoms with van der Waals surface area (Å²) in [5.74, 6) is 0.680. The van der Waals surface area contributed by atoms with Crippen LogP contribution in [0.1, 0.15) is 42.6 Å². The van der Waals surface area contributed by atoms with Crippen molar-refractivity contribution in [1.82, 2.24) is 9.97 Å². The van der Waals surface area contributed by atoms with E-state index in [9.17, 15) is 4.79 Å². The highest BCUT2D eigenvalue weighted by Crippen LogP contribution is 2.27. The zero-order chi connectivity index (χ0) is 19.1. The Morgan fingerprint density at radius 3 is 2.93 bits per heavy atom. The first-order valence-corrected chi connectivity index (χ1v) is 9.43. The number of amides is 1. The highest BCUT2D eigenvalue weighted by molar-refractivity contribution is 6.32. The van der Waals surface area contributed by atoms with E-state index < -0.39 is 0 Å². The Balaban J connectivity index is 1.58. The van der Waals surface area contributed by atoms with Gasteiger partial charge in [0.05, 0.1) is 12.1 Å². The smallest absolute Gasteiger partial charge is 0.274 e. The summed E-state index contributed by atoms with van der Waals surface area (Å²) in [6.07, 6.45) is 9.79. The van der Waals surface area contributed by atoms with Crippen LogP contribution in [0.15, 0.2) is 42.1 Å². The molecule has 142 valence electrons. The third-order valence-electron chi connectivity index (χ3n) is 4.41. The maximum atomic E-state index is 12.4. The normalized spacial score (nSPS) is 13.6. The number of hydrogen-bond donors (Lipinski definition) is 2. The van der Waals surface area contributed by atoms with Gasteiger partial charge in [0.25, 0.3) is 5.91 Å². The number of benzene rings is 1. The van der Waals surface area contributed by atoms with Gasteiger partial charge in [-0.1, -0.05) is 23.3 Å². The first-order chi connectivity index (χ1) is 13.2. The van der Waals surface area contributed by atoms with E-state index >= 15 is 0 Å². The van der Waals surface area contributed by atoms with Crippen LogP contribution in [-0.2, 0) is 0 Å². The number of carbonyl (C=O) groups excluding carboxylic acids is 1. The van der Waals surface area contributed by atoms with Crippen LogP contribution in [0.3, 0.4) is 0 Å². The zero-order valence-electron chi connectivity index (χ0n) is 15.3. The highest BCUT2D eigenvalue weighted by Gasteiger charge is 2.11. The van der Waals surface area contributed by atoms with Crippen molar-refractivity contribution in [2.75, 3.05) is 24.3 Å². The molecule has 1 heterocycles. The Bertz CT molecular complexity index is 838. The zero-order valence-corrected chi connectivity index (χ0v) is 16.1. The minimum absolute atomic E-state index is 0.288. The Hall–Kier alpha value is -2.60. The number of allylic oxidation sites excluding steroid dienone is 1. The first kappa shape index (κ1) is 19.2. The molecule has 0 bridgehead atoms. The average Bonchev–Trinajstić information content (AvgIpc) is 2.69. The van der Waals surface area contributed by atoms with Crippen LogP contribution >= 0.6 is 11.6 Å². The van der Waals surface area contributed by atoms with E-state index in [0.29, 0.717) is 22.4 Å². The van der Waals surface area contributed by atoms with E-state index in [1.165, 1.54) is 31.3 Å². The molecule has 1 amide bonds. The predicted octanol–water partition coefficient (Wildman–Crippen LogP) is 4.69. The second-order valence-electron chi connectivity index (χ2n) is 6.35. The molecular formula is C20H23ClN4O2. The third kappa shape index (κ3) is 5.44. The number of anilines is 2. The van der Waals surface area contributed by atoms with E-state index in [1.54, 1.807) is 37.6 Å². The summed E-state index contributed by atoms with van der Waals surface area (Å²) >= 11 is 6.09. The average molecular weight is 387 g/mol. The number of halogens is 1. The number of rotatable bonds is 7. The van der Waals surface area contributed by atoms with Gasteiger partial charge in [-0.3, -0.25) is 4.79 Å². The maximum Gasteiger partial charge on any atom is 0.274 e. The Morgan fingerprint density at radius 2 is 2.19 bits per heavy atom. The van der Waals surface area contributed by atoms with E-state index in [2.05, 4.69) is 26.7 Å². The lowest BCUT2D eigenvalue weighted by atomic mass is 9.97. The molecule has 0 spiro atoms. The fourth-order valence-corrected chi connectivity index (χ4v) is 3.23. The molecule has 0 saturated carbocycles. The van der Waals surface area contributed by atoms with E-state index in [0.717, 1.165) is 13.0 Å². The summed E-state index contributed by atoms with van der Waals surface area (Å²) in [5.41, 5.74) is 2.35. The third-order valence-corrected chi connectivity index (χ3v) is 4.71. The molecule has 1 aromatic heterocycles. The van der Waals surface area contributed by atoms with Crippen LogP contribution in [0.4, 0.5) is 11.6 Å². The quantitative estimate of drug-likeness (QED) is 0.675. The molecule has 1 aliphatic carbocycles. The van der Waals surface area contributed by atoms with Gasteiger partial charge in [-0.25, -0.2) is 9.97 Å². The van der Waals surface area contributed by atoms with Crippen molar-refractivity contribution in [2.24, 2.45) is 0 Å². The van der Waals surface area contributed by atoms with Crippen LogP contribution in [0.5, 0.6) is 5.75 Å². The van der Waals surface area contributed by atoms with Gasteiger partial charge in [0.15, 0.2) is 0 Å². The molecule has 0 atom stereocenters. The van der Waals surface area contributed by atoms with Crippen LogP contribution in [0.25, 0.3) is 0 Å². The molecule has 6 nitrogen and oxygen atoms in total. The summed E-state index contributed by atoms with van der Waals surface area (Å²) in [4.78, 5) is 20.9. The van der Waals surface area contributed by atoms with E-state index in [1.807, 2.05) is 0 Å². The number of nitrogens with zero attached hydrogens (tertiary/aromatic N) is 2. The minimum atomic E-state index is -0.323. The van der Waals surface area contributed by atoms with Crippen molar-refractivity contribution >= 4 is 29.1 Å². The molecule has 0 radical (unpaired) electrons. The molecule has 0 unspecified atom stereocenters. The lowest BCUT2D eigenvalue weighted by Gasteiger charge is -2.13. The number of carbonyl (C=O) groups is 1. The van der Waals surface area contributed by atoms with Gasteiger partial charge in [0, 0.05) is 18.4 Å². The maximum absolute atomic E-state index is 12.4. The van der Waals surface area contributed by atoms with Crippen LogP contribution in [-0.4, -0.2) is 29.5 Å². The van der Waals surface area contributed by atoms with Crippen molar-refractivity contribution in [1.29, 1.82) is 0 Å². The topological polar surface area (TPSA) is 76.1 Å².